The summed E-state index contributed by atoms with van der Waals surface area (Å²) in [4.78, 5) is 4.22. The number of halogens is 1. The minimum Gasteiger partial charge on any atom is -0.343 e. The lowest BCUT2D eigenvalue weighted by Gasteiger charge is -2.07. The third-order valence-corrected chi connectivity index (χ3v) is 3.77. The second kappa shape index (κ2) is 5.77. The maximum atomic E-state index is 4.22. The molecule has 0 aliphatic carbocycles. The molecule has 0 saturated carbocycles. The first kappa shape index (κ1) is 13.3. The van der Waals surface area contributed by atoms with Crippen LogP contribution in [0.5, 0.6) is 0 Å². The van der Waals surface area contributed by atoms with Gasteiger partial charge >= 0.3 is 0 Å². The Hall–Kier alpha value is -1.65. The minimum atomic E-state index is 0.832. The molecule has 102 valence electrons. The summed E-state index contributed by atoms with van der Waals surface area (Å²) in [5, 5.41) is 4.46. The molecule has 1 N–H and O–H groups in total. The van der Waals surface area contributed by atoms with E-state index in [1.165, 1.54) is 22.0 Å². The first-order valence-corrected chi connectivity index (χ1v) is 7.37. The van der Waals surface area contributed by atoms with Gasteiger partial charge in [0.15, 0.2) is 0 Å². The van der Waals surface area contributed by atoms with Gasteiger partial charge in [-0.15, -0.1) is 0 Å². The molecule has 0 radical (unpaired) electrons. The fraction of sp³-hybridized carbons (Fsp3) is 0.188. The number of aromatic nitrogens is 2. The molecule has 0 aliphatic heterocycles. The highest BCUT2D eigenvalue weighted by atomic mass is 79.9. The Bertz CT molecular complexity index is 733. The van der Waals surface area contributed by atoms with Crippen molar-refractivity contribution in [3.8, 4) is 0 Å². The van der Waals surface area contributed by atoms with Crippen molar-refractivity contribution in [2.75, 3.05) is 7.05 Å². The molecule has 0 saturated heterocycles. The van der Waals surface area contributed by atoms with Crippen LogP contribution in [0, 0.1) is 0 Å². The van der Waals surface area contributed by atoms with Crippen LogP contribution in [0.4, 0.5) is 0 Å². The first-order chi connectivity index (χ1) is 9.76. The molecule has 0 amide bonds. The zero-order valence-electron chi connectivity index (χ0n) is 11.3. The van der Waals surface area contributed by atoms with Crippen LogP contribution < -0.4 is 5.32 Å². The van der Waals surface area contributed by atoms with E-state index in [1.807, 2.05) is 19.4 Å². The van der Waals surface area contributed by atoms with Gasteiger partial charge in [0.05, 0.1) is 0 Å². The van der Waals surface area contributed by atoms with Gasteiger partial charge < -0.3 is 9.88 Å². The molecule has 0 atom stereocenters. The SMILES string of the molecule is CNCc1ccc2ccn(Cc3cncc(Br)c3)c2c1. The molecule has 3 aromatic rings. The van der Waals surface area contributed by atoms with Crippen molar-refractivity contribution in [2.24, 2.45) is 0 Å². The third-order valence-electron chi connectivity index (χ3n) is 3.33. The van der Waals surface area contributed by atoms with Gasteiger partial charge in [0.1, 0.15) is 0 Å². The Balaban J connectivity index is 1.96. The molecule has 20 heavy (non-hydrogen) atoms. The van der Waals surface area contributed by atoms with Crippen molar-refractivity contribution in [2.45, 2.75) is 13.1 Å². The van der Waals surface area contributed by atoms with Crippen LogP contribution in [-0.2, 0) is 13.1 Å². The molecule has 2 heterocycles. The number of nitrogens with one attached hydrogen (secondary N) is 1. The summed E-state index contributed by atoms with van der Waals surface area (Å²) in [7, 11) is 1.97. The molecule has 3 nitrogen and oxygen atoms in total. The number of hydrogen-bond donors (Lipinski definition) is 1. The number of rotatable bonds is 4. The summed E-state index contributed by atoms with van der Waals surface area (Å²) in [5.74, 6) is 0. The molecule has 1 aromatic carbocycles. The van der Waals surface area contributed by atoms with E-state index in [0.717, 1.165) is 17.6 Å². The third kappa shape index (κ3) is 2.76. The average molecular weight is 330 g/mol. The maximum absolute atomic E-state index is 4.22. The van der Waals surface area contributed by atoms with Crippen molar-refractivity contribution in [3.05, 3.63) is 64.5 Å². The second-order valence-electron chi connectivity index (χ2n) is 4.88. The Morgan fingerprint density at radius 3 is 2.85 bits per heavy atom. The predicted octanol–water partition coefficient (Wildman–Crippen LogP) is 3.57. The fourth-order valence-electron chi connectivity index (χ4n) is 2.42. The van der Waals surface area contributed by atoms with Crippen LogP contribution in [0.1, 0.15) is 11.1 Å². The smallest absolute Gasteiger partial charge is 0.0491 e. The predicted molar refractivity (Wildman–Crippen MR) is 85.7 cm³/mol. The van der Waals surface area contributed by atoms with E-state index < -0.39 is 0 Å². The number of pyridine rings is 1. The van der Waals surface area contributed by atoms with Crippen molar-refractivity contribution < 1.29 is 0 Å². The van der Waals surface area contributed by atoms with Crippen LogP contribution in [0.15, 0.2) is 53.4 Å². The van der Waals surface area contributed by atoms with E-state index in [-0.39, 0.29) is 0 Å². The van der Waals surface area contributed by atoms with Crippen LogP contribution in [0.2, 0.25) is 0 Å². The highest BCUT2D eigenvalue weighted by Gasteiger charge is 2.04. The van der Waals surface area contributed by atoms with Gasteiger partial charge in [0, 0.05) is 41.7 Å². The number of fused-ring (bicyclic) bond motifs is 1. The Morgan fingerprint density at radius 2 is 2.05 bits per heavy atom. The Labute approximate surface area is 126 Å². The van der Waals surface area contributed by atoms with Crippen molar-refractivity contribution in [1.82, 2.24) is 14.9 Å². The standard InChI is InChI=1S/C16H16BrN3/c1-18-8-12-2-3-14-4-5-20(16(14)7-12)11-13-6-15(17)10-19-9-13/h2-7,9-10,18H,8,11H2,1H3. The molecule has 0 unspecified atom stereocenters. The molecule has 0 aliphatic rings. The van der Waals surface area contributed by atoms with Crippen LogP contribution in [0.25, 0.3) is 10.9 Å². The van der Waals surface area contributed by atoms with Gasteiger partial charge in [-0.25, -0.2) is 0 Å². The quantitative estimate of drug-likeness (QED) is 0.793. The van der Waals surface area contributed by atoms with E-state index in [9.17, 15) is 0 Å². The minimum absolute atomic E-state index is 0.832. The summed E-state index contributed by atoms with van der Waals surface area (Å²) in [6, 6.07) is 10.9. The lowest BCUT2D eigenvalue weighted by atomic mass is 10.1. The molecular formula is C16H16BrN3. The lowest BCUT2D eigenvalue weighted by molar-refractivity contribution is 0.811. The molecular weight excluding hydrogens is 314 g/mol. The van der Waals surface area contributed by atoms with Crippen molar-refractivity contribution >= 4 is 26.8 Å². The lowest BCUT2D eigenvalue weighted by Crippen LogP contribution is -2.05. The molecule has 0 spiro atoms. The molecule has 0 bridgehead atoms. The van der Waals surface area contributed by atoms with E-state index in [0.29, 0.717) is 0 Å². The number of hydrogen-bond acceptors (Lipinski definition) is 2. The van der Waals surface area contributed by atoms with Gasteiger partial charge in [-0.3, -0.25) is 4.98 Å². The van der Waals surface area contributed by atoms with Crippen LogP contribution >= 0.6 is 15.9 Å². The summed E-state index contributed by atoms with van der Waals surface area (Å²) >= 11 is 3.47. The second-order valence-corrected chi connectivity index (χ2v) is 5.79. The number of benzene rings is 1. The normalized spacial score (nSPS) is 11.1. The van der Waals surface area contributed by atoms with Gasteiger partial charge in [0.25, 0.3) is 0 Å². The highest BCUT2D eigenvalue weighted by Crippen LogP contribution is 2.20. The van der Waals surface area contributed by atoms with Gasteiger partial charge in [-0.05, 0) is 57.7 Å². The van der Waals surface area contributed by atoms with Crippen molar-refractivity contribution in [3.63, 3.8) is 0 Å². The maximum Gasteiger partial charge on any atom is 0.0491 e. The zero-order chi connectivity index (χ0) is 13.9. The van der Waals surface area contributed by atoms with E-state index >= 15 is 0 Å². The summed E-state index contributed by atoms with van der Waals surface area (Å²) < 4.78 is 3.28. The van der Waals surface area contributed by atoms with Crippen molar-refractivity contribution in [1.29, 1.82) is 0 Å². The van der Waals surface area contributed by atoms with Crippen LogP contribution in [0.3, 0.4) is 0 Å². The van der Waals surface area contributed by atoms with E-state index in [1.54, 1.807) is 0 Å². The zero-order valence-corrected chi connectivity index (χ0v) is 12.9. The van der Waals surface area contributed by atoms with Crippen LogP contribution in [-0.4, -0.2) is 16.6 Å². The molecule has 4 heteroatoms. The fourth-order valence-corrected chi connectivity index (χ4v) is 2.83. The molecule has 0 fully saturated rings. The Kier molecular flexibility index (Phi) is 3.85. The average Bonchev–Trinajstić information content (AvgIpc) is 2.82. The number of nitrogens with zero attached hydrogens (tertiary/aromatic N) is 2. The monoisotopic (exact) mass is 329 g/mol. The highest BCUT2D eigenvalue weighted by molar-refractivity contribution is 9.10. The molecule has 3 rings (SSSR count). The largest absolute Gasteiger partial charge is 0.343 e. The summed E-state index contributed by atoms with van der Waals surface area (Å²) in [6.45, 7) is 1.72. The van der Waals surface area contributed by atoms with Gasteiger partial charge in [-0.1, -0.05) is 12.1 Å². The van der Waals surface area contributed by atoms with Gasteiger partial charge in [0.2, 0.25) is 0 Å². The van der Waals surface area contributed by atoms with Gasteiger partial charge in [-0.2, -0.15) is 0 Å². The van der Waals surface area contributed by atoms with E-state index in [2.05, 4.69) is 67.3 Å². The topological polar surface area (TPSA) is 29.9 Å². The first-order valence-electron chi connectivity index (χ1n) is 6.58. The molecule has 2 aromatic heterocycles. The summed E-state index contributed by atoms with van der Waals surface area (Å²) in [6.07, 6.45) is 5.85. The summed E-state index contributed by atoms with van der Waals surface area (Å²) in [5.41, 5.74) is 3.75. The Morgan fingerprint density at radius 1 is 1.15 bits per heavy atom. The van der Waals surface area contributed by atoms with E-state index in [4.69, 9.17) is 0 Å².